The lowest BCUT2D eigenvalue weighted by atomic mass is 10.0. The number of hydrogen-bond donors (Lipinski definition) is 3. The molecule has 0 aromatic heterocycles. The number of anilines is 1. The van der Waals surface area contributed by atoms with Crippen molar-refractivity contribution in [2.24, 2.45) is 5.92 Å². The number of nitrogens with one attached hydrogen (secondary N) is 3. The van der Waals surface area contributed by atoms with Gasteiger partial charge in [-0.1, -0.05) is 55.8 Å². The van der Waals surface area contributed by atoms with Crippen LogP contribution in [-0.4, -0.2) is 31.1 Å². The van der Waals surface area contributed by atoms with Crippen molar-refractivity contribution >= 4 is 29.3 Å². The Morgan fingerprint density at radius 2 is 1.69 bits per heavy atom. The molecule has 2 amide bonds. The first-order chi connectivity index (χ1) is 13.9. The summed E-state index contributed by atoms with van der Waals surface area (Å²) in [6.07, 6.45) is -0.0781. The van der Waals surface area contributed by atoms with E-state index in [0.29, 0.717) is 24.5 Å². The molecule has 0 saturated carbocycles. The lowest BCUT2D eigenvalue weighted by molar-refractivity contribution is -0.123. The number of benzene rings is 2. The quantitative estimate of drug-likeness (QED) is 0.506. The predicted molar refractivity (Wildman–Crippen MR) is 116 cm³/mol. The minimum atomic E-state index is -0.645. The van der Waals surface area contributed by atoms with Crippen molar-refractivity contribution in [1.29, 1.82) is 0 Å². The lowest BCUT2D eigenvalue weighted by Gasteiger charge is -2.20. The number of amides is 2. The number of carbonyl (C=O) groups is 2. The molecular weight excluding hydrogens is 390 g/mol. The van der Waals surface area contributed by atoms with Crippen LogP contribution in [0.15, 0.2) is 54.6 Å². The Kier molecular flexibility index (Phi) is 9.31. The van der Waals surface area contributed by atoms with Crippen LogP contribution in [0.3, 0.4) is 0 Å². The van der Waals surface area contributed by atoms with Crippen LogP contribution in [0.5, 0.6) is 0 Å². The summed E-state index contributed by atoms with van der Waals surface area (Å²) in [7, 11) is 0. The van der Waals surface area contributed by atoms with E-state index in [4.69, 9.17) is 16.3 Å². The SMILES string of the molecule is CC(C)C[C@H](NC(=O)OCc1ccccc1)C(=O)NCCNc1ccc(Cl)cc1. The Hall–Kier alpha value is -2.73. The largest absolute Gasteiger partial charge is 0.445 e. The number of hydrogen-bond acceptors (Lipinski definition) is 4. The van der Waals surface area contributed by atoms with Crippen LogP contribution in [0.25, 0.3) is 0 Å². The molecule has 156 valence electrons. The summed E-state index contributed by atoms with van der Waals surface area (Å²) in [4.78, 5) is 24.6. The topological polar surface area (TPSA) is 79.5 Å². The number of rotatable bonds is 10. The first-order valence-electron chi connectivity index (χ1n) is 9.68. The van der Waals surface area contributed by atoms with Gasteiger partial charge in [-0.15, -0.1) is 0 Å². The summed E-state index contributed by atoms with van der Waals surface area (Å²) in [5.41, 5.74) is 1.81. The molecule has 0 aliphatic carbocycles. The number of ether oxygens (including phenoxy) is 1. The first kappa shape index (κ1) is 22.6. The van der Waals surface area contributed by atoms with Gasteiger partial charge in [0.15, 0.2) is 0 Å². The molecule has 0 fully saturated rings. The Bertz CT molecular complexity index is 767. The van der Waals surface area contributed by atoms with Crippen molar-refractivity contribution in [2.45, 2.75) is 32.9 Å². The Morgan fingerprint density at radius 1 is 1.00 bits per heavy atom. The summed E-state index contributed by atoms with van der Waals surface area (Å²) in [5, 5.41) is 9.40. The molecule has 0 bridgehead atoms. The minimum Gasteiger partial charge on any atom is -0.445 e. The molecule has 2 aromatic carbocycles. The van der Waals surface area contributed by atoms with Gasteiger partial charge in [0, 0.05) is 23.8 Å². The maximum atomic E-state index is 12.5. The molecule has 2 aromatic rings. The van der Waals surface area contributed by atoms with Gasteiger partial charge in [-0.05, 0) is 42.2 Å². The van der Waals surface area contributed by atoms with E-state index in [2.05, 4.69) is 16.0 Å². The molecule has 0 saturated heterocycles. The standard InChI is InChI=1S/C22H28ClN3O3/c1-16(2)14-20(26-22(28)29-15-17-6-4-3-5-7-17)21(27)25-13-12-24-19-10-8-18(23)9-11-19/h3-11,16,20,24H,12-15H2,1-2H3,(H,25,27)(H,26,28)/t20-/m0/s1. The second kappa shape index (κ2) is 12.0. The summed E-state index contributed by atoms with van der Waals surface area (Å²) in [6, 6.07) is 16.1. The molecule has 0 aliphatic heterocycles. The number of carbonyl (C=O) groups excluding carboxylic acids is 2. The Balaban J connectivity index is 1.77. The second-order valence-corrected chi connectivity index (χ2v) is 7.55. The molecule has 7 heteroatoms. The summed E-state index contributed by atoms with van der Waals surface area (Å²) < 4.78 is 5.23. The number of halogens is 1. The molecule has 0 unspecified atom stereocenters. The van der Waals surface area contributed by atoms with Gasteiger partial charge in [-0.2, -0.15) is 0 Å². The zero-order valence-corrected chi connectivity index (χ0v) is 17.5. The van der Waals surface area contributed by atoms with Gasteiger partial charge < -0.3 is 20.7 Å². The fourth-order valence-electron chi connectivity index (χ4n) is 2.69. The van der Waals surface area contributed by atoms with Crippen molar-refractivity contribution in [1.82, 2.24) is 10.6 Å². The highest BCUT2D eigenvalue weighted by atomic mass is 35.5. The molecule has 0 radical (unpaired) electrons. The molecule has 2 rings (SSSR count). The minimum absolute atomic E-state index is 0.160. The average Bonchev–Trinajstić information content (AvgIpc) is 2.71. The lowest BCUT2D eigenvalue weighted by Crippen LogP contribution is -2.48. The zero-order chi connectivity index (χ0) is 21.1. The highest BCUT2D eigenvalue weighted by Crippen LogP contribution is 2.12. The van der Waals surface area contributed by atoms with E-state index in [1.807, 2.05) is 56.3 Å². The number of alkyl carbamates (subject to hydrolysis) is 1. The fourth-order valence-corrected chi connectivity index (χ4v) is 2.82. The van der Waals surface area contributed by atoms with Crippen molar-refractivity contribution in [3.05, 3.63) is 65.2 Å². The van der Waals surface area contributed by atoms with E-state index < -0.39 is 12.1 Å². The highest BCUT2D eigenvalue weighted by Gasteiger charge is 2.22. The van der Waals surface area contributed by atoms with E-state index in [-0.39, 0.29) is 18.4 Å². The van der Waals surface area contributed by atoms with Gasteiger partial charge in [0.05, 0.1) is 0 Å². The third kappa shape index (κ3) is 8.87. The van der Waals surface area contributed by atoms with Crippen LogP contribution < -0.4 is 16.0 Å². The third-order valence-corrected chi connectivity index (χ3v) is 4.38. The van der Waals surface area contributed by atoms with Crippen LogP contribution in [0.4, 0.5) is 10.5 Å². The van der Waals surface area contributed by atoms with Gasteiger partial charge >= 0.3 is 6.09 Å². The van der Waals surface area contributed by atoms with Crippen LogP contribution >= 0.6 is 11.6 Å². The monoisotopic (exact) mass is 417 g/mol. The second-order valence-electron chi connectivity index (χ2n) is 7.11. The Labute approximate surface area is 177 Å². The molecule has 0 aliphatic rings. The predicted octanol–water partition coefficient (Wildman–Crippen LogP) is 4.21. The molecule has 0 heterocycles. The molecule has 6 nitrogen and oxygen atoms in total. The van der Waals surface area contributed by atoms with Crippen LogP contribution in [0.1, 0.15) is 25.8 Å². The summed E-state index contributed by atoms with van der Waals surface area (Å²) in [5.74, 6) is 0.0145. The van der Waals surface area contributed by atoms with E-state index >= 15 is 0 Å². The van der Waals surface area contributed by atoms with Gasteiger partial charge in [0.25, 0.3) is 0 Å². The fraction of sp³-hybridized carbons (Fsp3) is 0.364. The van der Waals surface area contributed by atoms with E-state index in [1.165, 1.54) is 0 Å². The molecule has 0 spiro atoms. The van der Waals surface area contributed by atoms with Crippen LogP contribution in [-0.2, 0) is 16.1 Å². The van der Waals surface area contributed by atoms with Crippen molar-refractivity contribution in [3.8, 4) is 0 Å². The Morgan fingerprint density at radius 3 is 2.34 bits per heavy atom. The molecule has 29 heavy (non-hydrogen) atoms. The van der Waals surface area contributed by atoms with Gasteiger partial charge in [0.1, 0.15) is 12.6 Å². The average molecular weight is 418 g/mol. The smallest absolute Gasteiger partial charge is 0.408 e. The van der Waals surface area contributed by atoms with Gasteiger partial charge in [-0.3, -0.25) is 4.79 Å². The van der Waals surface area contributed by atoms with Crippen molar-refractivity contribution in [3.63, 3.8) is 0 Å². The van der Waals surface area contributed by atoms with Gasteiger partial charge in [0.2, 0.25) is 5.91 Å². The normalized spacial score (nSPS) is 11.6. The van der Waals surface area contributed by atoms with E-state index in [0.717, 1.165) is 11.3 Å². The van der Waals surface area contributed by atoms with Gasteiger partial charge in [-0.25, -0.2) is 4.79 Å². The molecular formula is C22H28ClN3O3. The van der Waals surface area contributed by atoms with Crippen molar-refractivity contribution < 1.29 is 14.3 Å². The zero-order valence-electron chi connectivity index (χ0n) is 16.8. The summed E-state index contributed by atoms with van der Waals surface area (Å²) >= 11 is 5.86. The van der Waals surface area contributed by atoms with E-state index in [9.17, 15) is 9.59 Å². The molecule has 1 atom stereocenters. The molecule has 3 N–H and O–H groups in total. The maximum absolute atomic E-state index is 12.5. The first-order valence-corrected chi connectivity index (χ1v) is 10.1. The summed E-state index contributed by atoms with van der Waals surface area (Å²) in [6.45, 7) is 5.14. The van der Waals surface area contributed by atoms with Crippen LogP contribution in [0, 0.1) is 5.92 Å². The third-order valence-electron chi connectivity index (χ3n) is 4.13. The van der Waals surface area contributed by atoms with Crippen molar-refractivity contribution in [2.75, 3.05) is 18.4 Å². The van der Waals surface area contributed by atoms with E-state index in [1.54, 1.807) is 12.1 Å². The highest BCUT2D eigenvalue weighted by molar-refractivity contribution is 6.30. The maximum Gasteiger partial charge on any atom is 0.408 e. The van der Waals surface area contributed by atoms with Crippen LogP contribution in [0.2, 0.25) is 5.02 Å².